The van der Waals surface area contributed by atoms with E-state index < -0.39 is 4.92 Å². The number of non-ortho nitro benzene ring substituents is 1. The first-order chi connectivity index (χ1) is 10.2. The van der Waals surface area contributed by atoms with Crippen molar-refractivity contribution in [3.8, 4) is 0 Å². The monoisotopic (exact) mass is 284 g/mol. The van der Waals surface area contributed by atoms with Crippen LogP contribution in [0.3, 0.4) is 0 Å². The zero-order chi connectivity index (χ0) is 14.7. The van der Waals surface area contributed by atoms with Crippen molar-refractivity contribution in [2.24, 2.45) is 0 Å². The van der Waals surface area contributed by atoms with Gasteiger partial charge in [-0.2, -0.15) is 0 Å². The molecule has 0 radical (unpaired) electrons. The van der Waals surface area contributed by atoms with Crippen LogP contribution in [0.25, 0.3) is 10.9 Å². The third-order valence-electron chi connectivity index (χ3n) is 3.07. The summed E-state index contributed by atoms with van der Waals surface area (Å²) in [4.78, 5) is 18.7. The number of hydrogen-bond donors (Lipinski definition) is 1. The molecule has 0 bridgehead atoms. The van der Waals surface area contributed by atoms with Gasteiger partial charge in [-0.1, -0.05) is 0 Å². The van der Waals surface area contributed by atoms with E-state index in [9.17, 15) is 10.1 Å². The molecule has 0 atom stereocenters. The Labute approximate surface area is 119 Å². The second kappa shape index (κ2) is 5.58. The first-order valence-corrected chi connectivity index (χ1v) is 6.39. The van der Waals surface area contributed by atoms with Gasteiger partial charge in [-0.25, -0.2) is 9.97 Å². The Morgan fingerprint density at radius 2 is 2.19 bits per heavy atom. The van der Waals surface area contributed by atoms with Crippen LogP contribution < -0.4 is 5.32 Å². The van der Waals surface area contributed by atoms with Crippen molar-refractivity contribution in [3.63, 3.8) is 0 Å². The zero-order valence-corrected chi connectivity index (χ0v) is 11.0. The number of anilines is 1. The molecule has 2 heterocycles. The summed E-state index contributed by atoms with van der Waals surface area (Å²) < 4.78 is 5.25. The van der Waals surface area contributed by atoms with Crippen molar-refractivity contribution in [2.45, 2.75) is 6.42 Å². The van der Waals surface area contributed by atoms with Crippen molar-refractivity contribution in [1.29, 1.82) is 0 Å². The van der Waals surface area contributed by atoms with Gasteiger partial charge in [0.1, 0.15) is 17.9 Å². The topological polar surface area (TPSA) is 94.1 Å². The number of benzene rings is 1. The van der Waals surface area contributed by atoms with Crippen LogP contribution in [0.5, 0.6) is 0 Å². The number of nitrogens with zero attached hydrogens (tertiary/aromatic N) is 3. The quantitative estimate of drug-likeness (QED) is 0.572. The molecule has 0 unspecified atom stereocenters. The van der Waals surface area contributed by atoms with E-state index in [-0.39, 0.29) is 5.69 Å². The van der Waals surface area contributed by atoms with Crippen LogP contribution in [0.1, 0.15) is 5.76 Å². The van der Waals surface area contributed by atoms with Crippen molar-refractivity contribution in [1.82, 2.24) is 9.97 Å². The van der Waals surface area contributed by atoms with Crippen LogP contribution >= 0.6 is 0 Å². The summed E-state index contributed by atoms with van der Waals surface area (Å²) in [6.45, 7) is 0.613. The third kappa shape index (κ3) is 2.81. The molecular weight excluding hydrogens is 272 g/mol. The van der Waals surface area contributed by atoms with Gasteiger partial charge in [0.2, 0.25) is 0 Å². The van der Waals surface area contributed by atoms with E-state index in [0.29, 0.717) is 29.7 Å². The lowest BCUT2D eigenvalue weighted by molar-refractivity contribution is -0.384. The first-order valence-electron chi connectivity index (χ1n) is 6.39. The molecule has 0 aliphatic heterocycles. The SMILES string of the molecule is O=[N+]([O-])c1ccc2ncnc(NCCc3ccco3)c2c1. The maximum atomic E-state index is 10.9. The summed E-state index contributed by atoms with van der Waals surface area (Å²) >= 11 is 0. The Morgan fingerprint density at radius 1 is 1.29 bits per heavy atom. The molecule has 0 aliphatic rings. The number of furan rings is 1. The normalized spacial score (nSPS) is 10.7. The second-order valence-corrected chi connectivity index (χ2v) is 4.44. The number of hydrogen-bond acceptors (Lipinski definition) is 6. The average molecular weight is 284 g/mol. The van der Waals surface area contributed by atoms with Gasteiger partial charge in [-0.05, 0) is 18.2 Å². The number of nitro benzene ring substituents is 1. The lowest BCUT2D eigenvalue weighted by Crippen LogP contribution is -2.06. The van der Waals surface area contributed by atoms with Crippen molar-refractivity contribution < 1.29 is 9.34 Å². The lowest BCUT2D eigenvalue weighted by atomic mass is 10.2. The average Bonchev–Trinajstić information content (AvgIpc) is 3.00. The fourth-order valence-electron chi connectivity index (χ4n) is 2.06. The van der Waals surface area contributed by atoms with Gasteiger partial charge in [0, 0.05) is 30.5 Å². The van der Waals surface area contributed by atoms with Crippen LogP contribution in [0.2, 0.25) is 0 Å². The summed E-state index contributed by atoms with van der Waals surface area (Å²) in [6, 6.07) is 8.25. The van der Waals surface area contributed by atoms with Gasteiger partial charge in [-0.15, -0.1) is 0 Å². The maximum absolute atomic E-state index is 10.9. The van der Waals surface area contributed by atoms with Gasteiger partial charge < -0.3 is 9.73 Å². The minimum atomic E-state index is -0.431. The van der Waals surface area contributed by atoms with Crippen LogP contribution in [0.4, 0.5) is 11.5 Å². The van der Waals surface area contributed by atoms with E-state index in [4.69, 9.17) is 4.42 Å². The molecule has 2 aromatic heterocycles. The maximum Gasteiger partial charge on any atom is 0.270 e. The van der Waals surface area contributed by atoms with Gasteiger partial charge in [0.25, 0.3) is 5.69 Å². The van der Waals surface area contributed by atoms with E-state index in [1.54, 1.807) is 12.3 Å². The summed E-state index contributed by atoms with van der Waals surface area (Å²) in [7, 11) is 0. The smallest absolute Gasteiger partial charge is 0.270 e. The molecule has 0 amide bonds. The highest BCUT2D eigenvalue weighted by atomic mass is 16.6. The predicted molar refractivity (Wildman–Crippen MR) is 77.1 cm³/mol. The molecule has 1 N–H and O–H groups in total. The Bertz CT molecular complexity index is 771. The number of aromatic nitrogens is 2. The van der Waals surface area contributed by atoms with Crippen LogP contribution in [-0.2, 0) is 6.42 Å². The van der Waals surface area contributed by atoms with Gasteiger partial charge in [-0.3, -0.25) is 10.1 Å². The predicted octanol–water partition coefficient (Wildman–Crippen LogP) is 2.79. The molecule has 0 saturated heterocycles. The van der Waals surface area contributed by atoms with Gasteiger partial charge in [0.15, 0.2) is 0 Å². The zero-order valence-electron chi connectivity index (χ0n) is 11.0. The van der Waals surface area contributed by atoms with E-state index in [0.717, 1.165) is 5.76 Å². The van der Waals surface area contributed by atoms with Crippen molar-refractivity contribution >= 4 is 22.4 Å². The fraction of sp³-hybridized carbons (Fsp3) is 0.143. The summed E-state index contributed by atoms with van der Waals surface area (Å²) in [5.74, 6) is 1.45. The van der Waals surface area contributed by atoms with Gasteiger partial charge >= 0.3 is 0 Å². The highest BCUT2D eigenvalue weighted by molar-refractivity contribution is 5.90. The number of fused-ring (bicyclic) bond motifs is 1. The van der Waals surface area contributed by atoms with Gasteiger partial charge in [0.05, 0.1) is 16.7 Å². The number of nitro groups is 1. The molecule has 0 spiro atoms. The Balaban J connectivity index is 1.83. The molecule has 21 heavy (non-hydrogen) atoms. The largest absolute Gasteiger partial charge is 0.469 e. The summed E-state index contributed by atoms with van der Waals surface area (Å²) in [5, 5.41) is 14.6. The minimum Gasteiger partial charge on any atom is -0.469 e. The number of nitrogens with one attached hydrogen (secondary N) is 1. The molecule has 1 aromatic carbocycles. The minimum absolute atomic E-state index is 0.0198. The number of rotatable bonds is 5. The third-order valence-corrected chi connectivity index (χ3v) is 3.07. The first kappa shape index (κ1) is 13.0. The Hall–Kier alpha value is -2.96. The Morgan fingerprint density at radius 3 is 2.95 bits per heavy atom. The van der Waals surface area contributed by atoms with E-state index in [2.05, 4.69) is 15.3 Å². The van der Waals surface area contributed by atoms with Crippen molar-refractivity contribution in [3.05, 3.63) is 58.8 Å². The molecule has 3 rings (SSSR count). The standard InChI is InChI=1S/C14H12N4O3/c19-18(20)10-3-4-13-12(8-10)14(17-9-16-13)15-6-5-11-2-1-7-21-11/h1-4,7-9H,5-6H2,(H,15,16,17). The molecule has 0 fully saturated rings. The molecule has 0 aliphatic carbocycles. The van der Waals surface area contributed by atoms with E-state index >= 15 is 0 Å². The molecule has 106 valence electrons. The van der Waals surface area contributed by atoms with Crippen molar-refractivity contribution in [2.75, 3.05) is 11.9 Å². The second-order valence-electron chi connectivity index (χ2n) is 4.44. The highest BCUT2D eigenvalue weighted by Crippen LogP contribution is 2.24. The molecule has 7 nitrogen and oxygen atoms in total. The van der Waals surface area contributed by atoms with Crippen LogP contribution in [0.15, 0.2) is 47.3 Å². The molecular formula is C14H12N4O3. The van der Waals surface area contributed by atoms with E-state index in [1.807, 2.05) is 12.1 Å². The van der Waals surface area contributed by atoms with Crippen LogP contribution in [-0.4, -0.2) is 21.4 Å². The summed E-state index contributed by atoms with van der Waals surface area (Å²) in [5.41, 5.74) is 0.683. The molecule has 3 aromatic rings. The highest BCUT2D eigenvalue weighted by Gasteiger charge is 2.10. The Kier molecular flexibility index (Phi) is 3.46. The van der Waals surface area contributed by atoms with Crippen LogP contribution in [0, 0.1) is 10.1 Å². The summed E-state index contributed by atoms with van der Waals surface area (Å²) in [6.07, 6.45) is 3.76. The molecule has 7 heteroatoms. The fourth-order valence-corrected chi connectivity index (χ4v) is 2.06. The lowest BCUT2D eigenvalue weighted by Gasteiger charge is -2.07. The van der Waals surface area contributed by atoms with E-state index in [1.165, 1.54) is 18.5 Å². The molecule has 0 saturated carbocycles.